The molecule has 2 amide bonds. The fourth-order valence-electron chi connectivity index (χ4n) is 4.98. The van der Waals surface area contributed by atoms with Crippen molar-refractivity contribution in [2.75, 3.05) is 5.32 Å². The number of benzene rings is 1. The van der Waals surface area contributed by atoms with E-state index in [-0.39, 0.29) is 18.1 Å². The second-order valence-corrected chi connectivity index (χ2v) is 14.8. The Morgan fingerprint density at radius 3 is 2.12 bits per heavy atom. The molecule has 2 heterocycles. The Kier molecular flexibility index (Phi) is 11.8. The molecule has 0 bridgehead atoms. The molecule has 2 aromatic rings. The number of fused-ring (bicyclic) bond motifs is 2. The van der Waals surface area contributed by atoms with Gasteiger partial charge in [-0.05, 0) is 111 Å². The van der Waals surface area contributed by atoms with Crippen molar-refractivity contribution < 1.29 is 42.9 Å². The number of carbonyl (C=O) groups is 5. The van der Waals surface area contributed by atoms with Crippen LogP contribution in [0.3, 0.4) is 0 Å². The summed E-state index contributed by atoms with van der Waals surface area (Å²) < 4.78 is 21.8. The quantitative estimate of drug-likeness (QED) is 0.131. The van der Waals surface area contributed by atoms with Crippen LogP contribution in [0.15, 0.2) is 30.3 Å². The summed E-state index contributed by atoms with van der Waals surface area (Å²) in [6.07, 6.45) is -0.635. The van der Waals surface area contributed by atoms with Gasteiger partial charge in [-0.15, -0.1) is 0 Å². The summed E-state index contributed by atoms with van der Waals surface area (Å²) in [7, 11) is 0. The molecule has 1 aliphatic heterocycles. The number of aromatic nitrogens is 1. The normalized spacial score (nSPS) is 14.3. The maximum absolute atomic E-state index is 13.3. The summed E-state index contributed by atoms with van der Waals surface area (Å²) in [5.74, 6) is -5.37. The van der Waals surface area contributed by atoms with Crippen LogP contribution in [0, 0.1) is 17.2 Å². The number of hydrogen-bond acceptors (Lipinski definition) is 11. The lowest BCUT2D eigenvalue weighted by Gasteiger charge is -2.28. The molecule has 1 aliphatic rings. The first-order valence-corrected chi connectivity index (χ1v) is 15.9. The van der Waals surface area contributed by atoms with Gasteiger partial charge in [0.25, 0.3) is 0 Å². The van der Waals surface area contributed by atoms with E-state index in [1.54, 1.807) is 92.6 Å². The van der Waals surface area contributed by atoms with E-state index < -0.39 is 65.0 Å². The number of primary amides is 1. The number of ether oxygens (including phenoxy) is 4. The van der Waals surface area contributed by atoms with Crippen molar-refractivity contribution in [3.8, 4) is 5.75 Å². The molecule has 0 saturated carbocycles. The molecular weight excluding hydrogens is 634 g/mol. The third-order valence-electron chi connectivity index (χ3n) is 6.84. The van der Waals surface area contributed by atoms with Gasteiger partial charge < -0.3 is 30.0 Å². The number of pyridine rings is 1. The number of anilines is 1. The minimum atomic E-state index is -1.24. The molecule has 14 nitrogen and oxygen atoms in total. The van der Waals surface area contributed by atoms with Gasteiger partial charge in [-0.1, -0.05) is 0 Å². The molecule has 0 fully saturated rings. The number of hydrogen-bond donors (Lipinski definition) is 4. The Hall–Kier alpha value is -5.01. The number of nitrogens with two attached hydrogens (primary N) is 1. The van der Waals surface area contributed by atoms with E-state index in [0.29, 0.717) is 41.0 Å². The number of esters is 3. The first-order chi connectivity index (χ1) is 22.5. The van der Waals surface area contributed by atoms with Crippen molar-refractivity contribution >= 4 is 41.6 Å². The largest absolute Gasteiger partial charge is 0.460 e. The highest BCUT2D eigenvalue weighted by molar-refractivity contribution is 6.01. The highest BCUT2D eigenvalue weighted by Crippen LogP contribution is 2.30. The third kappa shape index (κ3) is 12.2. The van der Waals surface area contributed by atoms with Crippen molar-refractivity contribution in [1.29, 1.82) is 5.41 Å². The topological polar surface area (TPSA) is 209 Å². The summed E-state index contributed by atoms with van der Waals surface area (Å²) in [4.78, 5) is 68.7. The summed E-state index contributed by atoms with van der Waals surface area (Å²) in [6, 6.07) is 7.95. The number of guanidine groups is 1. The van der Waals surface area contributed by atoms with E-state index in [1.807, 2.05) is 0 Å². The van der Waals surface area contributed by atoms with Crippen molar-refractivity contribution in [3.63, 3.8) is 0 Å². The van der Waals surface area contributed by atoms with E-state index >= 15 is 0 Å². The maximum atomic E-state index is 13.3. The van der Waals surface area contributed by atoms with Gasteiger partial charge in [0, 0.05) is 17.8 Å². The molecule has 0 aliphatic carbocycles. The molecule has 14 heteroatoms. The molecule has 5 N–H and O–H groups in total. The lowest BCUT2D eigenvalue weighted by Crippen LogP contribution is -2.41. The molecule has 49 heavy (non-hydrogen) atoms. The van der Waals surface area contributed by atoms with Crippen molar-refractivity contribution in [1.82, 2.24) is 10.3 Å². The van der Waals surface area contributed by atoms with Gasteiger partial charge in [-0.3, -0.25) is 30.1 Å². The summed E-state index contributed by atoms with van der Waals surface area (Å²) in [5, 5.41) is 13.2. The van der Waals surface area contributed by atoms with Gasteiger partial charge in [0.15, 0.2) is 5.75 Å². The first-order valence-electron chi connectivity index (χ1n) is 15.9. The van der Waals surface area contributed by atoms with Crippen molar-refractivity contribution in [3.05, 3.63) is 52.8 Å². The third-order valence-corrected chi connectivity index (χ3v) is 6.84. The Bertz CT molecular complexity index is 1620. The predicted octanol–water partition coefficient (Wildman–Crippen LogP) is 4.60. The molecule has 0 radical (unpaired) electrons. The Balaban J connectivity index is 1.84. The smallest absolute Gasteiger partial charge is 0.414 e. The molecular formula is C35H47N5O9. The number of carbonyl (C=O) groups excluding carboxylic acids is 5. The van der Waals surface area contributed by atoms with E-state index in [0.717, 1.165) is 0 Å². The number of amides is 2. The van der Waals surface area contributed by atoms with Gasteiger partial charge in [0.2, 0.25) is 11.9 Å². The van der Waals surface area contributed by atoms with E-state index in [1.165, 1.54) is 0 Å². The van der Waals surface area contributed by atoms with Crippen molar-refractivity contribution in [2.45, 2.75) is 105 Å². The lowest BCUT2D eigenvalue weighted by molar-refractivity contribution is -0.170. The minimum Gasteiger partial charge on any atom is -0.460 e. The van der Waals surface area contributed by atoms with Crippen LogP contribution in [0.2, 0.25) is 0 Å². The Labute approximate surface area is 286 Å². The van der Waals surface area contributed by atoms with Crippen molar-refractivity contribution in [2.24, 2.45) is 17.6 Å². The van der Waals surface area contributed by atoms with Crippen LogP contribution < -0.4 is 21.1 Å². The Morgan fingerprint density at radius 2 is 1.53 bits per heavy atom. The SMILES string of the molecule is CC(C)(C)OC(=O)C[C@H](C(=O)OC(C)(C)C)C(Cc1ccc2c(n1)CCc1cc(NC(=N)NC(=O)OC(C)(C)C)ccc1C(=O)O2)C(N)=O. The molecule has 3 rings (SSSR count). The highest BCUT2D eigenvalue weighted by Gasteiger charge is 2.39. The number of rotatable bonds is 8. The maximum Gasteiger partial charge on any atom is 0.414 e. The van der Waals surface area contributed by atoms with E-state index in [2.05, 4.69) is 15.6 Å². The molecule has 1 unspecified atom stereocenters. The van der Waals surface area contributed by atoms with Gasteiger partial charge >= 0.3 is 24.0 Å². The van der Waals surface area contributed by atoms with Crippen LogP contribution in [-0.2, 0) is 47.9 Å². The van der Waals surface area contributed by atoms with Gasteiger partial charge in [-0.25, -0.2) is 9.59 Å². The second kappa shape index (κ2) is 15.0. The van der Waals surface area contributed by atoms with Crippen LogP contribution in [0.25, 0.3) is 0 Å². The second-order valence-electron chi connectivity index (χ2n) is 14.8. The number of nitrogens with one attached hydrogen (secondary N) is 3. The van der Waals surface area contributed by atoms with Gasteiger partial charge in [0.1, 0.15) is 16.8 Å². The first kappa shape index (κ1) is 38.4. The van der Waals surface area contributed by atoms with E-state index in [9.17, 15) is 24.0 Å². The molecule has 0 saturated heterocycles. The number of alkyl carbamates (subject to hydrolysis) is 1. The van der Waals surface area contributed by atoms with E-state index in [4.69, 9.17) is 30.1 Å². The zero-order valence-corrected chi connectivity index (χ0v) is 29.6. The van der Waals surface area contributed by atoms with Crippen LogP contribution in [0.1, 0.15) is 96.0 Å². The zero-order valence-electron chi connectivity index (χ0n) is 29.6. The monoisotopic (exact) mass is 681 g/mol. The molecule has 1 aromatic heterocycles. The van der Waals surface area contributed by atoms with Crippen LogP contribution >= 0.6 is 0 Å². The number of aryl methyl sites for hydroxylation is 2. The summed E-state index contributed by atoms with van der Waals surface area (Å²) in [5.41, 5.74) is 5.53. The van der Waals surface area contributed by atoms with Crippen LogP contribution in [0.4, 0.5) is 10.5 Å². The fraction of sp³-hybridized carbons (Fsp3) is 0.514. The Morgan fingerprint density at radius 1 is 0.898 bits per heavy atom. The minimum absolute atomic E-state index is 0.0965. The predicted molar refractivity (Wildman–Crippen MR) is 180 cm³/mol. The molecule has 266 valence electrons. The highest BCUT2D eigenvalue weighted by atomic mass is 16.6. The van der Waals surface area contributed by atoms with Gasteiger partial charge in [-0.2, -0.15) is 0 Å². The van der Waals surface area contributed by atoms with Gasteiger partial charge in [0.05, 0.1) is 29.5 Å². The molecule has 1 aromatic carbocycles. The average molecular weight is 682 g/mol. The number of nitrogens with zero attached hydrogens (tertiary/aromatic N) is 1. The molecule has 2 atom stereocenters. The standard InChI is InChI=1S/C35H47N5O9/c1-33(2,3)47-27(41)18-24(30(44)48-34(4,5)6)23(28(36)42)17-21-12-15-26-25(38-21)14-10-19-16-20(11-13-22(19)29(43)46-26)39-31(37)40-32(45)49-35(7,8)9/h11-13,15-16,23-24H,10,14,17-18H2,1-9H3,(H2,36,42)(H3,37,39,40,45)/t23?,24-/m0/s1. The van der Waals surface area contributed by atoms with Crippen LogP contribution in [-0.4, -0.2) is 57.7 Å². The summed E-state index contributed by atoms with van der Waals surface area (Å²) >= 11 is 0. The zero-order chi connectivity index (χ0) is 36.9. The summed E-state index contributed by atoms with van der Waals surface area (Å²) in [6.45, 7) is 15.2. The lowest BCUT2D eigenvalue weighted by atomic mass is 9.84. The van der Waals surface area contributed by atoms with Crippen LogP contribution in [0.5, 0.6) is 5.75 Å². The average Bonchev–Trinajstić information content (AvgIpc) is 2.90. The fourth-order valence-corrected chi connectivity index (χ4v) is 4.98. The molecule has 0 spiro atoms.